The Kier molecular flexibility index (Phi) is 4.37. The summed E-state index contributed by atoms with van der Waals surface area (Å²) in [4.78, 5) is 0. The second-order valence-electron chi connectivity index (χ2n) is 4.56. The number of nitrogens with zero attached hydrogens (tertiary/aromatic N) is 1. The molecule has 0 aromatic rings. The van der Waals surface area contributed by atoms with Gasteiger partial charge in [-0.2, -0.15) is 0 Å². The lowest BCUT2D eigenvalue weighted by molar-refractivity contribution is 0.547. The van der Waals surface area contributed by atoms with E-state index >= 15 is 0 Å². The fourth-order valence-corrected chi connectivity index (χ4v) is 7.22. The van der Waals surface area contributed by atoms with Crippen LogP contribution in [0, 0.1) is 0 Å². The summed E-state index contributed by atoms with van der Waals surface area (Å²) in [5.41, 5.74) is 0. The normalized spacial score (nSPS) is 20.1. The minimum Gasteiger partial charge on any atom is -0.350 e. The highest BCUT2D eigenvalue weighted by molar-refractivity contribution is 7.31. The maximum atomic E-state index is 3.84. The Morgan fingerprint density at radius 1 is 1.23 bits per heavy atom. The van der Waals surface area contributed by atoms with Gasteiger partial charge in [0.05, 0.1) is 8.31 Å². The van der Waals surface area contributed by atoms with E-state index in [0.29, 0.717) is 0 Å². The third-order valence-corrected chi connectivity index (χ3v) is 17.7. The SMILES string of the molecule is C[Si](C)[Si](C)(C)N[Si]N1CCCC1. The molecule has 1 aliphatic rings. The molecular formula is C8H21N2Si3. The maximum Gasteiger partial charge on any atom is 0.240 e. The van der Waals surface area contributed by atoms with Crippen molar-refractivity contribution in [3.05, 3.63) is 0 Å². The molecule has 5 heteroatoms. The van der Waals surface area contributed by atoms with Gasteiger partial charge < -0.3 is 9.21 Å². The third kappa shape index (κ3) is 3.67. The van der Waals surface area contributed by atoms with Gasteiger partial charge in [0.15, 0.2) is 0 Å². The summed E-state index contributed by atoms with van der Waals surface area (Å²) in [6.45, 7) is 12.5. The molecule has 1 aliphatic heterocycles. The van der Waals surface area contributed by atoms with Crippen LogP contribution in [0.25, 0.3) is 0 Å². The molecule has 0 amide bonds. The van der Waals surface area contributed by atoms with Crippen LogP contribution >= 0.6 is 0 Å². The Balaban J connectivity index is 2.24. The van der Waals surface area contributed by atoms with Gasteiger partial charge in [0.25, 0.3) is 0 Å². The van der Waals surface area contributed by atoms with E-state index in [0.717, 1.165) is 9.84 Å². The van der Waals surface area contributed by atoms with E-state index < -0.39 is 7.75 Å². The van der Waals surface area contributed by atoms with E-state index in [1.807, 2.05) is 0 Å². The van der Waals surface area contributed by atoms with Crippen LogP contribution in [-0.4, -0.2) is 43.6 Å². The van der Waals surface area contributed by atoms with Crippen molar-refractivity contribution in [2.75, 3.05) is 13.1 Å². The lowest BCUT2D eigenvalue weighted by Gasteiger charge is -2.29. The predicted octanol–water partition coefficient (Wildman–Crippen LogP) is 1.24. The van der Waals surface area contributed by atoms with Crippen molar-refractivity contribution in [1.82, 2.24) is 9.21 Å². The fraction of sp³-hybridized carbons (Fsp3) is 1.00. The van der Waals surface area contributed by atoms with Crippen LogP contribution in [0.15, 0.2) is 0 Å². The van der Waals surface area contributed by atoms with Crippen molar-refractivity contribution >= 4 is 25.9 Å². The molecule has 13 heavy (non-hydrogen) atoms. The van der Waals surface area contributed by atoms with Crippen LogP contribution in [0.3, 0.4) is 0 Å². The molecule has 2 nitrogen and oxygen atoms in total. The van der Waals surface area contributed by atoms with Crippen LogP contribution in [0.1, 0.15) is 12.8 Å². The van der Waals surface area contributed by atoms with Crippen molar-refractivity contribution in [2.45, 2.75) is 39.0 Å². The predicted molar refractivity (Wildman–Crippen MR) is 64.7 cm³/mol. The van der Waals surface area contributed by atoms with E-state index in [2.05, 4.69) is 35.4 Å². The molecule has 0 spiro atoms. The summed E-state index contributed by atoms with van der Waals surface area (Å²) in [6.07, 6.45) is 2.82. The molecule has 0 bridgehead atoms. The maximum absolute atomic E-state index is 3.84. The van der Waals surface area contributed by atoms with E-state index in [1.54, 1.807) is 0 Å². The number of hydrogen-bond donors (Lipinski definition) is 1. The summed E-state index contributed by atoms with van der Waals surface area (Å²) in [6, 6.07) is 0. The molecular weight excluding hydrogens is 208 g/mol. The molecule has 0 aromatic heterocycles. The summed E-state index contributed by atoms with van der Waals surface area (Å²) in [5.74, 6) is 0. The minimum atomic E-state index is -1.03. The topological polar surface area (TPSA) is 15.3 Å². The average Bonchev–Trinajstić information content (AvgIpc) is 2.52. The molecule has 0 atom stereocenters. The van der Waals surface area contributed by atoms with Gasteiger partial charge >= 0.3 is 0 Å². The molecule has 75 valence electrons. The largest absolute Gasteiger partial charge is 0.350 e. The number of nitrogens with one attached hydrogen (secondary N) is 1. The molecule has 1 saturated heterocycles. The van der Waals surface area contributed by atoms with Crippen LogP contribution in [0.5, 0.6) is 0 Å². The van der Waals surface area contributed by atoms with Gasteiger partial charge in [0.1, 0.15) is 7.75 Å². The Hall–Kier alpha value is 0.571. The molecule has 0 aliphatic carbocycles. The standard InChI is InChI=1S/C8H21N2Si3/c1-12(2)13(3,4)9-11-10-7-5-6-8-10/h9H,5-8H2,1-4H3. The average molecular weight is 230 g/mol. The highest BCUT2D eigenvalue weighted by Gasteiger charge is 2.27. The molecule has 3 radical (unpaired) electrons. The molecule has 0 aromatic carbocycles. The first-order chi connectivity index (χ1) is 6.02. The Morgan fingerprint density at radius 2 is 1.77 bits per heavy atom. The van der Waals surface area contributed by atoms with E-state index in [4.69, 9.17) is 0 Å². The van der Waals surface area contributed by atoms with Crippen molar-refractivity contribution in [3.8, 4) is 0 Å². The van der Waals surface area contributed by atoms with Crippen molar-refractivity contribution in [1.29, 1.82) is 0 Å². The Morgan fingerprint density at radius 3 is 2.23 bits per heavy atom. The monoisotopic (exact) mass is 229 g/mol. The smallest absolute Gasteiger partial charge is 0.240 e. The zero-order chi connectivity index (χ0) is 9.90. The van der Waals surface area contributed by atoms with Gasteiger partial charge in [-0.25, -0.2) is 0 Å². The van der Waals surface area contributed by atoms with Gasteiger partial charge in [-0.05, 0) is 25.9 Å². The first kappa shape index (κ1) is 11.6. The highest BCUT2D eigenvalue weighted by atomic mass is 29.2. The molecule has 0 saturated carbocycles. The second-order valence-corrected chi connectivity index (χ2v) is 18.4. The van der Waals surface area contributed by atoms with Crippen LogP contribution in [0.4, 0.5) is 0 Å². The number of hydrogen-bond acceptors (Lipinski definition) is 2. The van der Waals surface area contributed by atoms with Gasteiger partial charge in [-0.15, -0.1) is 0 Å². The summed E-state index contributed by atoms with van der Waals surface area (Å²) >= 11 is 0. The summed E-state index contributed by atoms with van der Waals surface area (Å²) < 4.78 is 6.42. The first-order valence-electron chi connectivity index (χ1n) is 5.11. The number of rotatable bonds is 4. The zero-order valence-electron chi connectivity index (χ0n) is 9.28. The first-order valence-corrected chi connectivity index (χ1v) is 12.6. The Labute approximate surface area is 87.6 Å². The van der Waals surface area contributed by atoms with Gasteiger partial charge in [0.2, 0.25) is 9.84 Å². The van der Waals surface area contributed by atoms with Crippen molar-refractivity contribution in [2.24, 2.45) is 0 Å². The second kappa shape index (κ2) is 4.88. The van der Waals surface area contributed by atoms with Gasteiger partial charge in [0, 0.05) is 0 Å². The van der Waals surface area contributed by atoms with Crippen LogP contribution < -0.4 is 4.65 Å². The molecule has 1 N–H and O–H groups in total. The molecule has 1 fully saturated rings. The van der Waals surface area contributed by atoms with Crippen LogP contribution in [-0.2, 0) is 0 Å². The van der Waals surface area contributed by atoms with E-state index in [-0.39, 0.29) is 8.31 Å². The summed E-state index contributed by atoms with van der Waals surface area (Å²) in [5, 5.41) is 0. The van der Waals surface area contributed by atoms with E-state index in [9.17, 15) is 0 Å². The third-order valence-electron chi connectivity index (χ3n) is 2.88. The minimum absolute atomic E-state index is 0.0940. The van der Waals surface area contributed by atoms with Crippen LogP contribution in [0.2, 0.25) is 26.2 Å². The van der Waals surface area contributed by atoms with Gasteiger partial charge in [-0.3, -0.25) is 0 Å². The Bertz CT molecular complexity index is 155. The van der Waals surface area contributed by atoms with Crippen molar-refractivity contribution < 1.29 is 0 Å². The fourth-order valence-electron chi connectivity index (χ4n) is 1.17. The summed E-state index contributed by atoms with van der Waals surface area (Å²) in [7, 11) is -0.219. The van der Waals surface area contributed by atoms with E-state index in [1.165, 1.54) is 25.9 Å². The molecule has 1 rings (SSSR count). The quantitative estimate of drug-likeness (QED) is 0.730. The molecule has 0 unspecified atom stereocenters. The zero-order valence-corrected chi connectivity index (χ0v) is 12.3. The lowest BCUT2D eigenvalue weighted by Crippen LogP contribution is -2.59. The van der Waals surface area contributed by atoms with Gasteiger partial charge in [-0.1, -0.05) is 26.2 Å². The lowest BCUT2D eigenvalue weighted by atomic mass is 10.4. The highest BCUT2D eigenvalue weighted by Crippen LogP contribution is 2.06. The molecule has 1 heterocycles. The van der Waals surface area contributed by atoms with Crippen molar-refractivity contribution in [3.63, 3.8) is 0 Å².